The first-order chi connectivity index (χ1) is 6.24. The number of hydrogen-bond donors (Lipinski definition) is 0. The largest absolute Gasteiger partial charge is 0.298 e. The number of halogens is 2. The van der Waals surface area contributed by atoms with Crippen molar-refractivity contribution >= 4 is 72.9 Å². The molecular formula is C9H4I2OS. The van der Waals surface area contributed by atoms with Crippen LogP contribution in [0.4, 0.5) is 0 Å². The van der Waals surface area contributed by atoms with Gasteiger partial charge in [-0.3, -0.25) is 4.79 Å². The van der Waals surface area contributed by atoms with Gasteiger partial charge in [0.25, 0.3) is 0 Å². The van der Waals surface area contributed by atoms with Crippen molar-refractivity contribution in [1.82, 2.24) is 0 Å². The molecule has 0 radical (unpaired) electrons. The molecule has 0 aliphatic rings. The summed E-state index contributed by atoms with van der Waals surface area (Å²) >= 11 is 6.23. The zero-order valence-electron chi connectivity index (χ0n) is 6.38. The molecule has 1 nitrogen and oxygen atoms in total. The molecule has 1 aromatic heterocycles. The molecule has 0 N–H and O–H groups in total. The fraction of sp³-hybridized carbons (Fsp3) is 0. The zero-order chi connectivity index (χ0) is 9.42. The van der Waals surface area contributed by atoms with Gasteiger partial charge in [0.2, 0.25) is 0 Å². The van der Waals surface area contributed by atoms with Gasteiger partial charge in [-0.05, 0) is 68.1 Å². The van der Waals surface area contributed by atoms with Crippen LogP contribution in [0, 0.1) is 7.14 Å². The highest BCUT2D eigenvalue weighted by molar-refractivity contribution is 14.1. The van der Waals surface area contributed by atoms with Crippen molar-refractivity contribution in [3.63, 3.8) is 0 Å². The van der Waals surface area contributed by atoms with Crippen molar-refractivity contribution in [2.75, 3.05) is 0 Å². The smallest absolute Gasteiger partial charge is 0.151 e. The van der Waals surface area contributed by atoms with E-state index >= 15 is 0 Å². The van der Waals surface area contributed by atoms with E-state index in [9.17, 15) is 4.79 Å². The molecule has 0 saturated carbocycles. The van der Waals surface area contributed by atoms with E-state index < -0.39 is 0 Å². The second-order valence-electron chi connectivity index (χ2n) is 2.55. The van der Waals surface area contributed by atoms with Crippen LogP contribution in [-0.2, 0) is 0 Å². The van der Waals surface area contributed by atoms with Gasteiger partial charge in [-0.15, -0.1) is 11.3 Å². The second kappa shape index (κ2) is 3.82. The Bertz CT molecular complexity index is 476. The third-order valence-electron chi connectivity index (χ3n) is 1.78. The molecule has 1 aromatic carbocycles. The molecule has 4 heteroatoms. The van der Waals surface area contributed by atoms with Gasteiger partial charge >= 0.3 is 0 Å². The molecule has 1 heterocycles. The lowest BCUT2D eigenvalue weighted by molar-refractivity contribution is 0.112. The molecule has 0 aliphatic heterocycles. The van der Waals surface area contributed by atoms with Crippen molar-refractivity contribution in [3.8, 4) is 0 Å². The van der Waals surface area contributed by atoms with Gasteiger partial charge < -0.3 is 0 Å². The normalized spacial score (nSPS) is 10.6. The highest BCUT2D eigenvalue weighted by atomic mass is 127. The average molecular weight is 414 g/mol. The van der Waals surface area contributed by atoms with Gasteiger partial charge in [0.05, 0.1) is 0 Å². The van der Waals surface area contributed by atoms with Crippen molar-refractivity contribution < 1.29 is 4.79 Å². The van der Waals surface area contributed by atoms with Crippen LogP contribution in [0.1, 0.15) is 10.4 Å². The predicted octanol–water partition coefficient (Wildman–Crippen LogP) is 3.92. The second-order valence-corrected chi connectivity index (χ2v) is 5.62. The van der Waals surface area contributed by atoms with E-state index in [0.717, 1.165) is 20.8 Å². The maximum atomic E-state index is 10.7. The number of rotatable bonds is 1. The first kappa shape index (κ1) is 9.85. The number of carbonyl (C=O) groups is 1. The highest BCUT2D eigenvalue weighted by Crippen LogP contribution is 2.31. The number of aldehydes is 1. The summed E-state index contributed by atoms with van der Waals surface area (Å²) in [4.78, 5) is 10.7. The minimum atomic E-state index is 0.788. The molecule has 0 saturated heterocycles. The quantitative estimate of drug-likeness (QED) is 0.511. The standard InChI is InChI=1S/C9H4I2OS/c10-7-6(4-12)3-5-1-2-13-9(5)8(7)11/h1-4H. The molecule has 0 fully saturated rings. The minimum absolute atomic E-state index is 0.788. The van der Waals surface area contributed by atoms with E-state index in [-0.39, 0.29) is 0 Å². The Hall–Kier alpha value is 0.310. The Morgan fingerprint density at radius 3 is 2.77 bits per heavy atom. The maximum Gasteiger partial charge on any atom is 0.151 e. The molecular weight excluding hydrogens is 410 g/mol. The van der Waals surface area contributed by atoms with Gasteiger partial charge in [0.15, 0.2) is 6.29 Å². The number of benzene rings is 1. The number of carbonyl (C=O) groups excluding carboxylic acids is 1. The van der Waals surface area contributed by atoms with Gasteiger partial charge in [-0.1, -0.05) is 0 Å². The Kier molecular flexibility index (Phi) is 2.89. The van der Waals surface area contributed by atoms with Gasteiger partial charge in [-0.25, -0.2) is 0 Å². The summed E-state index contributed by atoms with van der Waals surface area (Å²) in [5.74, 6) is 0. The van der Waals surface area contributed by atoms with Crippen LogP contribution in [0.5, 0.6) is 0 Å². The molecule has 2 aromatic rings. The minimum Gasteiger partial charge on any atom is -0.298 e. The van der Waals surface area contributed by atoms with E-state index in [1.165, 1.54) is 8.27 Å². The topological polar surface area (TPSA) is 17.1 Å². The summed E-state index contributed by atoms with van der Waals surface area (Å²) in [7, 11) is 0. The molecule has 0 spiro atoms. The van der Waals surface area contributed by atoms with Crippen LogP contribution in [-0.4, -0.2) is 6.29 Å². The van der Waals surface area contributed by atoms with Crippen LogP contribution in [0.3, 0.4) is 0 Å². The molecule has 13 heavy (non-hydrogen) atoms. The number of thiophene rings is 1. The van der Waals surface area contributed by atoms with Crippen LogP contribution in [0.2, 0.25) is 0 Å². The van der Waals surface area contributed by atoms with Crippen LogP contribution in [0.25, 0.3) is 10.1 Å². The molecule has 66 valence electrons. The lowest BCUT2D eigenvalue weighted by Crippen LogP contribution is -1.89. The summed E-state index contributed by atoms with van der Waals surface area (Å²) in [6.07, 6.45) is 0.918. The fourth-order valence-electron chi connectivity index (χ4n) is 1.15. The number of hydrogen-bond acceptors (Lipinski definition) is 2. The molecule has 0 atom stereocenters. The van der Waals surface area contributed by atoms with Crippen molar-refractivity contribution in [1.29, 1.82) is 0 Å². The third-order valence-corrected chi connectivity index (χ3v) is 6.37. The van der Waals surface area contributed by atoms with E-state index in [2.05, 4.69) is 50.6 Å². The molecule has 0 amide bonds. The van der Waals surface area contributed by atoms with Crippen LogP contribution >= 0.6 is 56.5 Å². The third kappa shape index (κ3) is 1.63. The summed E-state index contributed by atoms with van der Waals surface area (Å²) in [5, 5.41) is 3.22. The van der Waals surface area contributed by atoms with Gasteiger partial charge in [0.1, 0.15) is 0 Å². The highest BCUT2D eigenvalue weighted by Gasteiger charge is 2.08. The molecule has 0 bridgehead atoms. The molecule has 0 aliphatic carbocycles. The van der Waals surface area contributed by atoms with E-state index in [4.69, 9.17) is 0 Å². The monoisotopic (exact) mass is 414 g/mol. The zero-order valence-corrected chi connectivity index (χ0v) is 11.5. The van der Waals surface area contributed by atoms with Crippen LogP contribution in [0.15, 0.2) is 17.5 Å². The first-order valence-electron chi connectivity index (χ1n) is 3.54. The number of fused-ring (bicyclic) bond motifs is 1. The lowest BCUT2D eigenvalue weighted by atomic mass is 10.2. The van der Waals surface area contributed by atoms with Gasteiger partial charge in [0, 0.05) is 17.4 Å². The van der Waals surface area contributed by atoms with Crippen molar-refractivity contribution in [2.45, 2.75) is 0 Å². The van der Waals surface area contributed by atoms with E-state index in [1.54, 1.807) is 11.3 Å². The molecule has 0 unspecified atom stereocenters. The summed E-state index contributed by atoms with van der Waals surface area (Å²) in [6.45, 7) is 0. The van der Waals surface area contributed by atoms with E-state index in [0.29, 0.717) is 0 Å². The van der Waals surface area contributed by atoms with E-state index in [1.807, 2.05) is 12.1 Å². The fourth-order valence-corrected chi connectivity index (χ4v) is 3.71. The molecule has 2 rings (SSSR count). The summed E-state index contributed by atoms with van der Waals surface area (Å²) < 4.78 is 3.52. The average Bonchev–Trinajstić information content (AvgIpc) is 2.59. The summed E-state index contributed by atoms with van der Waals surface area (Å²) in [6, 6.07) is 3.99. The SMILES string of the molecule is O=Cc1cc2ccsc2c(I)c1I. The first-order valence-corrected chi connectivity index (χ1v) is 6.58. The summed E-state index contributed by atoms with van der Waals surface area (Å²) in [5.41, 5.74) is 0.788. The van der Waals surface area contributed by atoms with Crippen molar-refractivity contribution in [2.24, 2.45) is 0 Å². The Morgan fingerprint density at radius 1 is 1.31 bits per heavy atom. The maximum absolute atomic E-state index is 10.7. The Labute approximate surface area is 107 Å². The lowest BCUT2D eigenvalue weighted by Gasteiger charge is -2.01. The van der Waals surface area contributed by atoms with Crippen LogP contribution < -0.4 is 0 Å². The van der Waals surface area contributed by atoms with Gasteiger partial charge in [-0.2, -0.15) is 0 Å². The Balaban J connectivity index is 2.91. The Morgan fingerprint density at radius 2 is 2.08 bits per heavy atom. The van der Waals surface area contributed by atoms with Crippen molar-refractivity contribution in [3.05, 3.63) is 30.2 Å². The predicted molar refractivity (Wildman–Crippen MR) is 72.6 cm³/mol.